The molecule has 0 bridgehead atoms. The minimum absolute atomic E-state index is 0.464. The van der Waals surface area contributed by atoms with Crippen molar-refractivity contribution < 1.29 is 24.2 Å². The number of carbonyl (C=O) groups is 1. The van der Waals surface area contributed by atoms with E-state index < -0.39 is 5.91 Å². The molecule has 2 aromatic heterocycles. The number of aromatic nitrogens is 2. The van der Waals surface area contributed by atoms with Gasteiger partial charge in [0.05, 0.1) is 32.0 Å². The predicted octanol–water partition coefficient (Wildman–Crippen LogP) is 5.80. The summed E-state index contributed by atoms with van der Waals surface area (Å²) in [4.78, 5) is 19.7. The van der Waals surface area contributed by atoms with Gasteiger partial charge in [-0.25, -0.2) is 10.5 Å². The van der Waals surface area contributed by atoms with Crippen LogP contribution < -0.4 is 25.0 Å². The highest BCUT2D eigenvalue weighted by Crippen LogP contribution is 2.34. The van der Waals surface area contributed by atoms with E-state index in [-0.39, 0.29) is 0 Å². The number of carbonyl (C=O) groups excluding carboxylic acids is 1. The maximum absolute atomic E-state index is 11.2. The van der Waals surface area contributed by atoms with Crippen LogP contribution >= 0.6 is 0 Å². The van der Waals surface area contributed by atoms with Crippen LogP contribution in [-0.2, 0) is 4.79 Å². The fourth-order valence-corrected chi connectivity index (χ4v) is 4.48. The fraction of sp³-hybridized carbons (Fsp3) is 0.161. The Morgan fingerprint density at radius 3 is 2.58 bits per heavy atom. The Kier molecular flexibility index (Phi) is 8.13. The second-order valence-electron chi connectivity index (χ2n) is 9.03. The van der Waals surface area contributed by atoms with Crippen LogP contribution in [0.15, 0.2) is 78.9 Å². The van der Waals surface area contributed by atoms with Gasteiger partial charge in [0, 0.05) is 34.5 Å². The molecule has 204 valence electrons. The summed E-state index contributed by atoms with van der Waals surface area (Å²) in [6, 6.07) is 23.6. The number of methoxy groups -OCH3 is 2. The van der Waals surface area contributed by atoms with E-state index in [1.807, 2.05) is 36.4 Å². The number of nitrogens with one attached hydrogen (secondary N) is 3. The molecule has 0 saturated carbocycles. The quantitative estimate of drug-likeness (QED) is 0.0727. The van der Waals surface area contributed by atoms with Crippen molar-refractivity contribution in [2.45, 2.75) is 6.42 Å². The van der Waals surface area contributed by atoms with Crippen LogP contribution in [0.2, 0.25) is 0 Å². The minimum Gasteiger partial charge on any atom is -0.497 e. The number of H-pyrrole nitrogens is 1. The number of hydrogen-bond donors (Lipinski definition) is 4. The molecule has 0 radical (unpaired) electrons. The molecule has 0 aliphatic carbocycles. The normalized spacial score (nSPS) is 11.2. The third-order valence-corrected chi connectivity index (χ3v) is 6.47. The number of hydroxylamine groups is 1. The number of benzene rings is 3. The van der Waals surface area contributed by atoms with Crippen molar-refractivity contribution in [3.8, 4) is 28.5 Å². The lowest BCUT2D eigenvalue weighted by Crippen LogP contribution is -2.14. The molecule has 4 N–H and O–H groups in total. The molecule has 2 heterocycles. The van der Waals surface area contributed by atoms with Crippen molar-refractivity contribution >= 4 is 39.6 Å². The van der Waals surface area contributed by atoms with E-state index in [1.165, 1.54) is 6.08 Å². The van der Waals surface area contributed by atoms with Gasteiger partial charge in [0.1, 0.15) is 11.6 Å². The van der Waals surface area contributed by atoms with Crippen LogP contribution in [0, 0.1) is 0 Å². The van der Waals surface area contributed by atoms with E-state index >= 15 is 0 Å². The standard InChI is InChI=1S/C31H30N4O5/c1-38-22-12-10-21(11-13-22)30-31-24(23-6-3-4-7-25(23)33-31)19-28(34-30)32-16-5-17-40-26-14-8-20(18-27(26)39-2)9-15-29(36)35-37/h3-4,6-15,18-19,33,37H,5,16-17H2,1-2H3,(H,32,34)(H,35,36)/b15-9+. The van der Waals surface area contributed by atoms with E-state index in [4.69, 9.17) is 24.4 Å². The van der Waals surface area contributed by atoms with Gasteiger partial charge in [-0.1, -0.05) is 24.3 Å². The summed E-state index contributed by atoms with van der Waals surface area (Å²) in [5.41, 5.74) is 6.20. The second kappa shape index (κ2) is 12.2. The first-order valence-electron chi connectivity index (χ1n) is 12.8. The number of hydrogen-bond acceptors (Lipinski definition) is 7. The molecule has 0 saturated heterocycles. The first-order chi connectivity index (χ1) is 19.6. The lowest BCUT2D eigenvalue weighted by molar-refractivity contribution is -0.124. The van der Waals surface area contributed by atoms with Gasteiger partial charge in [0.15, 0.2) is 11.5 Å². The van der Waals surface area contributed by atoms with Crippen molar-refractivity contribution in [2.24, 2.45) is 0 Å². The first kappa shape index (κ1) is 26.6. The number of aromatic amines is 1. The van der Waals surface area contributed by atoms with Crippen LogP contribution in [0.25, 0.3) is 39.1 Å². The van der Waals surface area contributed by atoms with Gasteiger partial charge in [-0.2, -0.15) is 0 Å². The van der Waals surface area contributed by atoms with Crippen molar-refractivity contribution in [3.63, 3.8) is 0 Å². The number of anilines is 1. The van der Waals surface area contributed by atoms with Gasteiger partial charge in [-0.05, 0) is 66.6 Å². The molecule has 0 fully saturated rings. The van der Waals surface area contributed by atoms with Gasteiger partial charge in [-0.3, -0.25) is 10.0 Å². The monoisotopic (exact) mass is 538 g/mol. The molecule has 3 aromatic carbocycles. The smallest absolute Gasteiger partial charge is 0.267 e. The summed E-state index contributed by atoms with van der Waals surface area (Å²) in [6.45, 7) is 1.12. The molecule has 0 spiro atoms. The van der Waals surface area contributed by atoms with E-state index in [2.05, 4.69) is 28.5 Å². The molecular formula is C31H30N4O5. The first-order valence-corrected chi connectivity index (χ1v) is 12.8. The maximum Gasteiger partial charge on any atom is 0.267 e. The molecule has 1 amide bonds. The van der Waals surface area contributed by atoms with Gasteiger partial charge < -0.3 is 24.5 Å². The Morgan fingerprint density at radius 2 is 1.80 bits per heavy atom. The van der Waals surface area contributed by atoms with Crippen molar-refractivity contribution in [3.05, 3.63) is 84.4 Å². The summed E-state index contributed by atoms with van der Waals surface area (Å²) < 4.78 is 16.7. The maximum atomic E-state index is 11.2. The molecular weight excluding hydrogens is 508 g/mol. The topological polar surface area (TPSA) is 118 Å². The van der Waals surface area contributed by atoms with Crippen LogP contribution in [0.5, 0.6) is 17.2 Å². The lowest BCUT2D eigenvalue weighted by atomic mass is 10.1. The molecule has 40 heavy (non-hydrogen) atoms. The highest BCUT2D eigenvalue weighted by Gasteiger charge is 2.14. The molecule has 0 atom stereocenters. The highest BCUT2D eigenvalue weighted by atomic mass is 16.5. The Morgan fingerprint density at radius 1 is 0.975 bits per heavy atom. The van der Waals surface area contributed by atoms with E-state index in [9.17, 15) is 4.79 Å². The molecule has 5 aromatic rings. The third kappa shape index (κ3) is 5.84. The molecule has 9 nitrogen and oxygen atoms in total. The van der Waals surface area contributed by atoms with Crippen LogP contribution in [0.3, 0.4) is 0 Å². The van der Waals surface area contributed by atoms with Crippen molar-refractivity contribution in [1.82, 2.24) is 15.4 Å². The number of rotatable bonds is 11. The van der Waals surface area contributed by atoms with Gasteiger partial charge in [0.25, 0.3) is 5.91 Å². The van der Waals surface area contributed by atoms with E-state index in [1.54, 1.807) is 44.0 Å². The zero-order chi connectivity index (χ0) is 27.9. The number of nitrogens with zero attached hydrogens (tertiary/aromatic N) is 1. The average Bonchev–Trinajstić information content (AvgIpc) is 3.38. The summed E-state index contributed by atoms with van der Waals surface area (Å²) in [5.74, 6) is 2.12. The van der Waals surface area contributed by atoms with Gasteiger partial charge in [-0.15, -0.1) is 0 Å². The number of para-hydroxylation sites is 1. The zero-order valence-corrected chi connectivity index (χ0v) is 22.2. The van der Waals surface area contributed by atoms with Crippen LogP contribution in [0.1, 0.15) is 12.0 Å². The Bertz CT molecular complexity index is 1660. The molecule has 0 aliphatic rings. The number of ether oxygens (including phenoxy) is 3. The van der Waals surface area contributed by atoms with Crippen molar-refractivity contribution in [1.29, 1.82) is 0 Å². The van der Waals surface area contributed by atoms with E-state index in [0.29, 0.717) is 24.7 Å². The number of pyridine rings is 1. The average molecular weight is 539 g/mol. The Labute approximate surface area is 231 Å². The summed E-state index contributed by atoms with van der Waals surface area (Å²) >= 11 is 0. The van der Waals surface area contributed by atoms with Gasteiger partial charge in [0.2, 0.25) is 0 Å². The number of amides is 1. The Hall–Kier alpha value is -5.02. The summed E-state index contributed by atoms with van der Waals surface area (Å²) in [6.07, 6.45) is 3.52. The van der Waals surface area contributed by atoms with Crippen molar-refractivity contribution in [2.75, 3.05) is 32.7 Å². The SMILES string of the molecule is COc1ccc(-c2nc(NCCCOc3ccc(/C=C/C(=O)NO)cc3OC)cc3c2[nH]c2ccccc23)cc1. The van der Waals surface area contributed by atoms with Crippen LogP contribution in [-0.4, -0.2) is 48.5 Å². The number of fused-ring (bicyclic) bond motifs is 3. The summed E-state index contributed by atoms with van der Waals surface area (Å²) in [5, 5.41) is 14.3. The largest absolute Gasteiger partial charge is 0.497 e. The summed E-state index contributed by atoms with van der Waals surface area (Å²) in [7, 11) is 3.21. The van der Waals surface area contributed by atoms with E-state index in [0.717, 1.165) is 56.6 Å². The minimum atomic E-state index is -0.610. The predicted molar refractivity (Wildman–Crippen MR) is 156 cm³/mol. The highest BCUT2D eigenvalue weighted by molar-refractivity contribution is 6.11. The third-order valence-electron chi connectivity index (χ3n) is 6.47. The molecule has 9 heteroatoms. The molecule has 0 aliphatic heterocycles. The van der Waals surface area contributed by atoms with Gasteiger partial charge >= 0.3 is 0 Å². The fourth-order valence-electron chi connectivity index (χ4n) is 4.48. The molecule has 0 unspecified atom stereocenters. The lowest BCUT2D eigenvalue weighted by Gasteiger charge is -2.13. The Balaban J connectivity index is 1.29. The zero-order valence-electron chi connectivity index (χ0n) is 22.2. The second-order valence-corrected chi connectivity index (χ2v) is 9.03. The van der Waals surface area contributed by atoms with Crippen LogP contribution in [0.4, 0.5) is 5.82 Å². The molecule has 5 rings (SSSR count).